The van der Waals surface area contributed by atoms with E-state index in [0.29, 0.717) is 19.5 Å². The summed E-state index contributed by atoms with van der Waals surface area (Å²) in [5.74, 6) is -0.836. The Hall–Kier alpha value is -2.17. The van der Waals surface area contributed by atoms with Crippen LogP contribution in [0.25, 0.3) is 0 Å². The Kier molecular flexibility index (Phi) is 5.49. The Morgan fingerprint density at radius 1 is 1.00 bits per heavy atom. The fourth-order valence-corrected chi connectivity index (χ4v) is 2.13. The SMILES string of the molecule is NCc1ccc(CNC(Cc2ccccc2)C(=O)O)cc1. The Morgan fingerprint density at radius 2 is 1.62 bits per heavy atom. The van der Waals surface area contributed by atoms with E-state index >= 15 is 0 Å². The second-order valence-electron chi connectivity index (χ2n) is 4.98. The molecule has 2 aromatic rings. The third-order valence-corrected chi connectivity index (χ3v) is 3.39. The lowest BCUT2D eigenvalue weighted by Gasteiger charge is -2.15. The van der Waals surface area contributed by atoms with Gasteiger partial charge in [-0.1, -0.05) is 54.6 Å². The van der Waals surface area contributed by atoms with Crippen molar-refractivity contribution in [2.45, 2.75) is 25.6 Å². The maximum atomic E-state index is 11.3. The molecule has 0 aliphatic carbocycles. The predicted octanol–water partition coefficient (Wildman–Crippen LogP) is 1.93. The molecule has 0 saturated carbocycles. The molecular formula is C17H20N2O2. The lowest BCUT2D eigenvalue weighted by Crippen LogP contribution is -2.38. The van der Waals surface area contributed by atoms with Gasteiger partial charge in [-0.25, -0.2) is 0 Å². The Morgan fingerprint density at radius 3 is 2.19 bits per heavy atom. The van der Waals surface area contributed by atoms with E-state index in [1.165, 1.54) is 0 Å². The summed E-state index contributed by atoms with van der Waals surface area (Å²) in [6.07, 6.45) is 0.469. The van der Waals surface area contributed by atoms with Gasteiger partial charge in [-0.2, -0.15) is 0 Å². The highest BCUT2D eigenvalue weighted by molar-refractivity contribution is 5.73. The third-order valence-electron chi connectivity index (χ3n) is 3.39. The van der Waals surface area contributed by atoms with Crippen molar-refractivity contribution in [1.29, 1.82) is 0 Å². The number of hydrogen-bond acceptors (Lipinski definition) is 3. The van der Waals surface area contributed by atoms with Crippen molar-refractivity contribution >= 4 is 5.97 Å². The number of rotatable bonds is 7. The van der Waals surface area contributed by atoms with E-state index in [2.05, 4.69) is 5.32 Å². The monoisotopic (exact) mass is 284 g/mol. The summed E-state index contributed by atoms with van der Waals surface area (Å²) < 4.78 is 0. The summed E-state index contributed by atoms with van der Waals surface area (Å²) >= 11 is 0. The number of hydrogen-bond donors (Lipinski definition) is 3. The van der Waals surface area contributed by atoms with Crippen molar-refractivity contribution in [2.24, 2.45) is 5.73 Å². The smallest absolute Gasteiger partial charge is 0.321 e. The van der Waals surface area contributed by atoms with Crippen LogP contribution in [0, 0.1) is 0 Å². The largest absolute Gasteiger partial charge is 0.480 e. The molecular weight excluding hydrogens is 264 g/mol. The first-order valence-corrected chi connectivity index (χ1v) is 6.97. The zero-order chi connectivity index (χ0) is 15.1. The fraction of sp³-hybridized carbons (Fsp3) is 0.235. The Balaban J connectivity index is 1.95. The van der Waals surface area contributed by atoms with E-state index in [9.17, 15) is 9.90 Å². The van der Waals surface area contributed by atoms with Crippen molar-refractivity contribution in [3.63, 3.8) is 0 Å². The zero-order valence-corrected chi connectivity index (χ0v) is 11.8. The maximum Gasteiger partial charge on any atom is 0.321 e. The molecule has 4 N–H and O–H groups in total. The molecule has 0 fully saturated rings. The van der Waals surface area contributed by atoms with Crippen LogP contribution in [-0.2, 0) is 24.3 Å². The van der Waals surface area contributed by atoms with Crippen LogP contribution < -0.4 is 11.1 Å². The van der Waals surface area contributed by atoms with E-state index in [0.717, 1.165) is 16.7 Å². The zero-order valence-electron chi connectivity index (χ0n) is 11.8. The molecule has 0 aliphatic rings. The minimum atomic E-state index is -0.836. The summed E-state index contributed by atoms with van der Waals surface area (Å²) in [7, 11) is 0. The number of carbonyl (C=O) groups is 1. The molecule has 4 heteroatoms. The summed E-state index contributed by atoms with van der Waals surface area (Å²) in [6.45, 7) is 1.04. The summed E-state index contributed by atoms with van der Waals surface area (Å²) in [5, 5.41) is 12.4. The van der Waals surface area contributed by atoms with Crippen LogP contribution in [0.2, 0.25) is 0 Å². The molecule has 110 valence electrons. The molecule has 2 rings (SSSR count). The van der Waals surface area contributed by atoms with Gasteiger partial charge in [-0.05, 0) is 23.1 Å². The highest BCUT2D eigenvalue weighted by Gasteiger charge is 2.17. The summed E-state index contributed by atoms with van der Waals surface area (Å²) in [6, 6.07) is 16.9. The van der Waals surface area contributed by atoms with Gasteiger partial charge in [0.2, 0.25) is 0 Å². The lowest BCUT2D eigenvalue weighted by atomic mass is 10.1. The van der Waals surface area contributed by atoms with Gasteiger partial charge < -0.3 is 16.2 Å². The van der Waals surface area contributed by atoms with Crippen LogP contribution in [0.3, 0.4) is 0 Å². The van der Waals surface area contributed by atoms with Gasteiger partial charge in [0.05, 0.1) is 0 Å². The average Bonchev–Trinajstić information content (AvgIpc) is 2.52. The van der Waals surface area contributed by atoms with E-state index in [1.807, 2.05) is 54.6 Å². The predicted molar refractivity (Wildman–Crippen MR) is 82.7 cm³/mol. The highest BCUT2D eigenvalue weighted by atomic mass is 16.4. The van der Waals surface area contributed by atoms with Gasteiger partial charge >= 0.3 is 5.97 Å². The molecule has 21 heavy (non-hydrogen) atoms. The number of nitrogens with one attached hydrogen (secondary N) is 1. The average molecular weight is 284 g/mol. The highest BCUT2D eigenvalue weighted by Crippen LogP contribution is 2.07. The molecule has 1 unspecified atom stereocenters. The van der Waals surface area contributed by atoms with Gasteiger partial charge in [-0.3, -0.25) is 4.79 Å². The second-order valence-corrected chi connectivity index (χ2v) is 4.98. The van der Waals surface area contributed by atoms with Crippen molar-refractivity contribution in [1.82, 2.24) is 5.32 Å². The lowest BCUT2D eigenvalue weighted by molar-refractivity contribution is -0.139. The number of nitrogens with two attached hydrogens (primary N) is 1. The van der Waals surface area contributed by atoms with Gasteiger partial charge in [-0.15, -0.1) is 0 Å². The summed E-state index contributed by atoms with van der Waals surface area (Å²) in [4.78, 5) is 11.3. The molecule has 0 aliphatic heterocycles. The Bertz CT molecular complexity index is 567. The molecule has 1 atom stereocenters. The Labute approximate surface area is 124 Å². The maximum absolute atomic E-state index is 11.3. The number of carboxylic acids is 1. The molecule has 4 nitrogen and oxygen atoms in total. The van der Waals surface area contributed by atoms with Gasteiger partial charge in [0.25, 0.3) is 0 Å². The van der Waals surface area contributed by atoms with E-state index in [1.54, 1.807) is 0 Å². The van der Waals surface area contributed by atoms with E-state index in [-0.39, 0.29) is 0 Å². The number of aliphatic carboxylic acids is 1. The second kappa shape index (κ2) is 7.57. The standard InChI is InChI=1S/C17H20N2O2/c18-11-14-6-8-15(9-7-14)12-19-16(17(20)21)10-13-4-2-1-3-5-13/h1-9,16,19H,10-12,18H2,(H,20,21). The molecule has 0 radical (unpaired) electrons. The molecule has 2 aromatic carbocycles. The van der Waals surface area contributed by atoms with Crippen LogP contribution in [-0.4, -0.2) is 17.1 Å². The number of carboxylic acid groups (broad SMARTS) is 1. The van der Waals surface area contributed by atoms with Crippen molar-refractivity contribution in [3.05, 3.63) is 71.3 Å². The van der Waals surface area contributed by atoms with Crippen LogP contribution >= 0.6 is 0 Å². The molecule has 0 amide bonds. The van der Waals surface area contributed by atoms with Gasteiger partial charge in [0, 0.05) is 13.1 Å². The van der Waals surface area contributed by atoms with Crippen molar-refractivity contribution in [2.75, 3.05) is 0 Å². The molecule has 0 heterocycles. The van der Waals surface area contributed by atoms with Crippen LogP contribution in [0.5, 0.6) is 0 Å². The first-order chi connectivity index (χ1) is 10.2. The molecule has 0 bridgehead atoms. The molecule has 0 aromatic heterocycles. The summed E-state index contributed by atoms with van der Waals surface area (Å²) in [5.41, 5.74) is 8.68. The molecule has 0 spiro atoms. The third kappa shape index (κ3) is 4.70. The van der Waals surface area contributed by atoms with Crippen molar-refractivity contribution in [3.8, 4) is 0 Å². The first-order valence-electron chi connectivity index (χ1n) is 6.97. The fourth-order valence-electron chi connectivity index (χ4n) is 2.13. The van der Waals surface area contributed by atoms with Crippen LogP contribution in [0.1, 0.15) is 16.7 Å². The van der Waals surface area contributed by atoms with E-state index < -0.39 is 12.0 Å². The van der Waals surface area contributed by atoms with Crippen LogP contribution in [0.4, 0.5) is 0 Å². The minimum Gasteiger partial charge on any atom is -0.480 e. The van der Waals surface area contributed by atoms with Gasteiger partial charge in [0.15, 0.2) is 0 Å². The van der Waals surface area contributed by atoms with Crippen molar-refractivity contribution < 1.29 is 9.90 Å². The number of benzene rings is 2. The quantitative estimate of drug-likeness (QED) is 0.726. The topological polar surface area (TPSA) is 75.3 Å². The first kappa shape index (κ1) is 15.2. The van der Waals surface area contributed by atoms with Crippen LogP contribution in [0.15, 0.2) is 54.6 Å². The molecule has 0 saturated heterocycles. The van der Waals surface area contributed by atoms with E-state index in [4.69, 9.17) is 5.73 Å². The minimum absolute atomic E-state index is 0.469. The van der Waals surface area contributed by atoms with Gasteiger partial charge in [0.1, 0.15) is 6.04 Å². The normalized spacial score (nSPS) is 12.0.